The Morgan fingerprint density at radius 3 is 2.57 bits per heavy atom. The van der Waals surface area contributed by atoms with Gasteiger partial charge in [-0.2, -0.15) is 0 Å². The van der Waals surface area contributed by atoms with E-state index in [2.05, 4.69) is 12.2 Å². The molecule has 1 heterocycles. The third-order valence-electron chi connectivity index (χ3n) is 5.05. The van der Waals surface area contributed by atoms with Gasteiger partial charge in [-0.25, -0.2) is 4.39 Å². The normalized spacial score (nSPS) is 32.3. The first-order valence-electron chi connectivity index (χ1n) is 7.83. The highest BCUT2D eigenvalue weighted by molar-refractivity contribution is 5.84. The van der Waals surface area contributed by atoms with E-state index in [9.17, 15) is 9.18 Å². The summed E-state index contributed by atoms with van der Waals surface area (Å²) < 4.78 is 13.0. The minimum Gasteiger partial charge on any atom is -0.342 e. The molecule has 0 bridgehead atoms. The summed E-state index contributed by atoms with van der Waals surface area (Å²) >= 11 is 0. The quantitative estimate of drug-likeness (QED) is 0.924. The van der Waals surface area contributed by atoms with Gasteiger partial charge in [0.25, 0.3) is 0 Å². The van der Waals surface area contributed by atoms with Crippen molar-refractivity contribution in [3.63, 3.8) is 0 Å². The van der Waals surface area contributed by atoms with Gasteiger partial charge in [0.1, 0.15) is 5.82 Å². The Bertz CT molecular complexity index is 522. The number of halogens is 1. The molecule has 1 unspecified atom stereocenters. The summed E-state index contributed by atoms with van der Waals surface area (Å²) in [5, 5.41) is 3.50. The van der Waals surface area contributed by atoms with Crippen LogP contribution in [0.25, 0.3) is 0 Å². The summed E-state index contributed by atoms with van der Waals surface area (Å²) in [7, 11) is 0. The number of rotatable bonds is 4. The number of hydrogen-bond donors (Lipinski definition) is 1. The zero-order valence-electron chi connectivity index (χ0n) is 12.7. The predicted octanol–water partition coefficient (Wildman–Crippen LogP) is 2.46. The summed E-state index contributed by atoms with van der Waals surface area (Å²) in [6.07, 6.45) is 2.93. The lowest BCUT2D eigenvalue weighted by molar-refractivity contribution is -0.129. The molecule has 0 aromatic heterocycles. The zero-order valence-corrected chi connectivity index (χ0v) is 12.7. The Hall–Kier alpha value is -1.42. The van der Waals surface area contributed by atoms with Crippen molar-refractivity contribution in [2.24, 2.45) is 0 Å². The van der Waals surface area contributed by atoms with Crippen LogP contribution in [0, 0.1) is 5.82 Å². The second kappa shape index (κ2) is 5.41. The van der Waals surface area contributed by atoms with Crippen molar-refractivity contribution in [1.29, 1.82) is 0 Å². The summed E-state index contributed by atoms with van der Waals surface area (Å²) in [5.74, 6) is 0.0560. The summed E-state index contributed by atoms with van der Waals surface area (Å²) in [6.45, 7) is 5.91. The van der Waals surface area contributed by atoms with Crippen molar-refractivity contribution in [3.8, 4) is 0 Å². The summed E-state index contributed by atoms with van der Waals surface area (Å²) in [4.78, 5) is 14.0. The Balaban J connectivity index is 1.56. The molecule has 1 aromatic rings. The molecule has 0 radical (unpaired) electrons. The van der Waals surface area contributed by atoms with Crippen LogP contribution in [-0.4, -0.2) is 36.0 Å². The van der Waals surface area contributed by atoms with Crippen molar-refractivity contribution in [2.75, 3.05) is 13.1 Å². The van der Waals surface area contributed by atoms with E-state index >= 15 is 0 Å². The maximum atomic E-state index is 13.0. The van der Waals surface area contributed by atoms with Crippen LogP contribution in [0.15, 0.2) is 24.3 Å². The molecule has 1 saturated carbocycles. The number of carbonyl (C=O) groups excluding carboxylic acids is 1. The van der Waals surface area contributed by atoms with Gasteiger partial charge in [0.05, 0.1) is 6.04 Å². The number of amides is 1. The largest absolute Gasteiger partial charge is 0.342 e. The first kappa shape index (κ1) is 14.5. The Labute approximate surface area is 125 Å². The zero-order chi connectivity index (χ0) is 15.0. The van der Waals surface area contributed by atoms with E-state index in [1.807, 2.05) is 24.0 Å². The topological polar surface area (TPSA) is 32.3 Å². The van der Waals surface area contributed by atoms with Gasteiger partial charge in [-0.3, -0.25) is 4.79 Å². The van der Waals surface area contributed by atoms with Crippen molar-refractivity contribution in [2.45, 2.75) is 50.6 Å². The Morgan fingerprint density at radius 1 is 1.33 bits per heavy atom. The Morgan fingerprint density at radius 2 is 2.00 bits per heavy atom. The average Bonchev–Trinajstić information content (AvgIpc) is 2.78. The first-order valence-corrected chi connectivity index (χ1v) is 7.83. The van der Waals surface area contributed by atoms with Crippen molar-refractivity contribution in [1.82, 2.24) is 10.2 Å². The van der Waals surface area contributed by atoms with Gasteiger partial charge in [-0.1, -0.05) is 19.1 Å². The molecule has 4 heteroatoms. The SMILES string of the molecule is CCN1CCC(NC2CC(C)(c3ccc(F)cc3)C2)C1=O. The molecule has 1 aliphatic heterocycles. The van der Waals surface area contributed by atoms with Gasteiger partial charge in [0.15, 0.2) is 0 Å². The molecule has 2 fully saturated rings. The molecule has 1 N–H and O–H groups in total. The van der Waals surface area contributed by atoms with Crippen LogP contribution in [-0.2, 0) is 10.2 Å². The number of likely N-dealkylation sites (tertiary alicyclic amines) is 1. The van der Waals surface area contributed by atoms with E-state index in [0.29, 0.717) is 6.04 Å². The molecule has 1 saturated heterocycles. The van der Waals surface area contributed by atoms with Crippen LogP contribution in [0.1, 0.15) is 38.7 Å². The van der Waals surface area contributed by atoms with E-state index in [-0.39, 0.29) is 23.2 Å². The van der Waals surface area contributed by atoms with E-state index < -0.39 is 0 Å². The number of nitrogens with zero attached hydrogens (tertiary/aromatic N) is 1. The molecular weight excluding hydrogens is 267 g/mol. The monoisotopic (exact) mass is 290 g/mol. The van der Waals surface area contributed by atoms with Crippen LogP contribution in [0.4, 0.5) is 4.39 Å². The molecule has 3 nitrogen and oxygen atoms in total. The van der Waals surface area contributed by atoms with Crippen LogP contribution in [0.3, 0.4) is 0 Å². The Kier molecular flexibility index (Phi) is 3.74. The number of carbonyl (C=O) groups is 1. The summed E-state index contributed by atoms with van der Waals surface area (Å²) in [6, 6.07) is 7.21. The third-order valence-corrected chi connectivity index (χ3v) is 5.05. The van der Waals surface area contributed by atoms with Crippen molar-refractivity contribution >= 4 is 5.91 Å². The maximum Gasteiger partial charge on any atom is 0.239 e. The highest BCUT2D eigenvalue weighted by atomic mass is 19.1. The third kappa shape index (κ3) is 2.69. The van der Waals surface area contributed by atoms with Gasteiger partial charge in [-0.15, -0.1) is 0 Å². The van der Waals surface area contributed by atoms with E-state index in [4.69, 9.17) is 0 Å². The molecule has 21 heavy (non-hydrogen) atoms. The molecule has 114 valence electrons. The molecule has 1 amide bonds. The number of benzene rings is 1. The van der Waals surface area contributed by atoms with Gasteiger partial charge in [-0.05, 0) is 49.3 Å². The van der Waals surface area contributed by atoms with Crippen molar-refractivity contribution < 1.29 is 9.18 Å². The fourth-order valence-electron chi connectivity index (χ4n) is 3.73. The molecule has 1 atom stereocenters. The van der Waals surface area contributed by atoms with Gasteiger partial charge < -0.3 is 10.2 Å². The molecule has 3 rings (SSSR count). The van der Waals surface area contributed by atoms with Crippen LogP contribution < -0.4 is 5.32 Å². The van der Waals surface area contributed by atoms with E-state index in [1.54, 1.807) is 0 Å². The molecular formula is C17H23FN2O. The van der Waals surface area contributed by atoms with E-state index in [0.717, 1.165) is 32.4 Å². The number of likely N-dealkylation sites (N-methyl/N-ethyl adjacent to an activating group) is 1. The first-order chi connectivity index (χ1) is 10.0. The second-order valence-electron chi connectivity index (χ2n) is 6.60. The standard InChI is InChI=1S/C17H23FN2O/c1-3-20-9-8-15(16(20)21)19-14-10-17(2,11-14)12-4-6-13(18)7-5-12/h4-7,14-15,19H,3,8-11H2,1-2H3. The lowest BCUT2D eigenvalue weighted by Crippen LogP contribution is -2.54. The highest BCUT2D eigenvalue weighted by Gasteiger charge is 2.43. The minimum atomic E-state index is -0.187. The van der Waals surface area contributed by atoms with Crippen LogP contribution in [0.2, 0.25) is 0 Å². The van der Waals surface area contributed by atoms with Crippen LogP contribution >= 0.6 is 0 Å². The van der Waals surface area contributed by atoms with E-state index in [1.165, 1.54) is 17.7 Å². The fraction of sp³-hybridized carbons (Fsp3) is 0.588. The highest BCUT2D eigenvalue weighted by Crippen LogP contribution is 2.43. The predicted molar refractivity (Wildman–Crippen MR) is 80.6 cm³/mol. The smallest absolute Gasteiger partial charge is 0.239 e. The molecule has 0 spiro atoms. The average molecular weight is 290 g/mol. The van der Waals surface area contributed by atoms with Gasteiger partial charge in [0.2, 0.25) is 5.91 Å². The molecule has 2 aliphatic rings. The maximum absolute atomic E-state index is 13.0. The summed E-state index contributed by atoms with van der Waals surface area (Å²) in [5.41, 5.74) is 1.30. The minimum absolute atomic E-state index is 0.00674. The van der Waals surface area contributed by atoms with Crippen LogP contribution in [0.5, 0.6) is 0 Å². The molecule has 1 aromatic carbocycles. The second-order valence-corrected chi connectivity index (χ2v) is 6.60. The van der Waals surface area contributed by atoms with Gasteiger partial charge >= 0.3 is 0 Å². The lowest BCUT2D eigenvalue weighted by Gasteiger charge is -2.47. The molecule has 1 aliphatic carbocycles. The number of hydrogen-bond acceptors (Lipinski definition) is 2. The van der Waals surface area contributed by atoms with Gasteiger partial charge in [0, 0.05) is 19.1 Å². The lowest BCUT2D eigenvalue weighted by atomic mass is 9.63. The van der Waals surface area contributed by atoms with Crippen molar-refractivity contribution in [3.05, 3.63) is 35.6 Å². The number of nitrogens with one attached hydrogen (secondary N) is 1. The fourth-order valence-corrected chi connectivity index (χ4v) is 3.73.